The topological polar surface area (TPSA) is 73.0 Å². The van der Waals surface area contributed by atoms with E-state index in [2.05, 4.69) is 26.8 Å². The van der Waals surface area contributed by atoms with Gasteiger partial charge in [-0.3, -0.25) is 14.4 Å². The molecule has 5 heteroatoms. The van der Waals surface area contributed by atoms with Crippen molar-refractivity contribution in [1.29, 1.82) is 0 Å². The van der Waals surface area contributed by atoms with E-state index >= 15 is 0 Å². The number of rotatable bonds is 3. The zero-order chi connectivity index (χ0) is 20.8. The quantitative estimate of drug-likeness (QED) is 0.538. The van der Waals surface area contributed by atoms with Gasteiger partial charge >= 0.3 is 5.97 Å². The van der Waals surface area contributed by atoms with Crippen LogP contribution in [0.1, 0.15) is 53.4 Å². The summed E-state index contributed by atoms with van der Waals surface area (Å²) in [5, 5.41) is 0. The van der Waals surface area contributed by atoms with Gasteiger partial charge in [-0.25, -0.2) is 0 Å². The molecule has 0 aromatic carbocycles. The molecule has 4 aliphatic carbocycles. The third kappa shape index (κ3) is 2.34. The van der Waals surface area contributed by atoms with E-state index in [1.807, 2.05) is 6.08 Å². The van der Waals surface area contributed by atoms with E-state index in [0.29, 0.717) is 11.8 Å². The van der Waals surface area contributed by atoms with Crippen molar-refractivity contribution in [1.82, 2.24) is 0 Å². The highest BCUT2D eigenvalue weighted by Crippen LogP contribution is 2.75. The summed E-state index contributed by atoms with van der Waals surface area (Å²) in [6, 6.07) is 0. The van der Waals surface area contributed by atoms with Gasteiger partial charge in [0.05, 0.1) is 6.10 Å². The Kier molecular flexibility index (Phi) is 3.91. The normalized spacial score (nSPS) is 49.3. The van der Waals surface area contributed by atoms with Crippen LogP contribution in [-0.4, -0.2) is 35.8 Å². The number of hydrogen-bond donors (Lipinski definition) is 0. The first-order chi connectivity index (χ1) is 13.6. The Labute approximate surface area is 171 Å². The molecule has 5 rings (SSSR count). The third-order valence-electron chi connectivity index (χ3n) is 9.04. The number of ether oxygens (including phenoxy) is 2. The van der Waals surface area contributed by atoms with Crippen LogP contribution in [0.3, 0.4) is 0 Å². The Morgan fingerprint density at radius 1 is 1.28 bits per heavy atom. The van der Waals surface area contributed by atoms with E-state index in [1.54, 1.807) is 6.08 Å². The van der Waals surface area contributed by atoms with Gasteiger partial charge < -0.3 is 9.47 Å². The lowest BCUT2D eigenvalue weighted by Crippen LogP contribution is -2.57. The molecule has 0 radical (unpaired) electrons. The Morgan fingerprint density at radius 2 is 2.03 bits per heavy atom. The molecule has 0 amide bonds. The molecule has 8 atom stereocenters. The van der Waals surface area contributed by atoms with Crippen molar-refractivity contribution in [2.45, 2.75) is 65.1 Å². The Morgan fingerprint density at radius 3 is 2.76 bits per heavy atom. The molecule has 0 bridgehead atoms. The molecule has 3 saturated carbocycles. The van der Waals surface area contributed by atoms with Gasteiger partial charge in [-0.15, -0.1) is 0 Å². The molecule has 5 aliphatic rings. The van der Waals surface area contributed by atoms with Crippen molar-refractivity contribution in [2.24, 2.45) is 34.5 Å². The number of fused-ring (bicyclic) bond motifs is 3. The summed E-state index contributed by atoms with van der Waals surface area (Å²) in [6.45, 7) is 7.89. The summed E-state index contributed by atoms with van der Waals surface area (Å²) >= 11 is 0. The van der Waals surface area contributed by atoms with Crippen molar-refractivity contribution in [2.75, 3.05) is 6.61 Å². The summed E-state index contributed by atoms with van der Waals surface area (Å²) in [5.74, 6) is 0.703. The van der Waals surface area contributed by atoms with Crippen molar-refractivity contribution >= 4 is 17.5 Å². The smallest absolute Gasteiger partial charge is 0.303 e. The van der Waals surface area contributed by atoms with Crippen LogP contribution in [0.25, 0.3) is 0 Å². The van der Waals surface area contributed by atoms with Gasteiger partial charge in [-0.05, 0) is 67.9 Å². The molecule has 1 unspecified atom stereocenters. The lowest BCUT2D eigenvalue weighted by Gasteiger charge is -2.54. The molecule has 0 aromatic rings. The van der Waals surface area contributed by atoms with Crippen LogP contribution in [0.15, 0.2) is 23.8 Å². The largest absolute Gasteiger partial charge is 0.458 e. The fraction of sp³-hybridized carbons (Fsp3) is 0.708. The van der Waals surface area contributed by atoms with Crippen LogP contribution < -0.4 is 0 Å². The van der Waals surface area contributed by atoms with Crippen molar-refractivity contribution in [3.63, 3.8) is 0 Å². The number of carbonyl (C=O) groups is 3. The lowest BCUT2D eigenvalue weighted by molar-refractivity contribution is -0.149. The fourth-order valence-corrected chi connectivity index (χ4v) is 7.96. The molecular weight excluding hydrogens is 368 g/mol. The monoisotopic (exact) mass is 398 g/mol. The molecule has 0 N–H and O–H groups in total. The average molecular weight is 398 g/mol. The van der Waals surface area contributed by atoms with Crippen molar-refractivity contribution in [3.8, 4) is 0 Å². The van der Waals surface area contributed by atoms with Gasteiger partial charge in [0.25, 0.3) is 0 Å². The number of epoxide rings is 1. The van der Waals surface area contributed by atoms with Crippen molar-refractivity contribution in [3.05, 3.63) is 23.8 Å². The maximum atomic E-state index is 13.1. The molecule has 4 fully saturated rings. The zero-order valence-corrected chi connectivity index (χ0v) is 17.7. The maximum absolute atomic E-state index is 13.1. The highest BCUT2D eigenvalue weighted by molar-refractivity contribution is 6.01. The second-order valence-corrected chi connectivity index (χ2v) is 10.4. The summed E-state index contributed by atoms with van der Waals surface area (Å²) in [7, 11) is 0. The summed E-state index contributed by atoms with van der Waals surface area (Å²) in [6.07, 6.45) is 9.53. The number of carbonyl (C=O) groups excluding carboxylic acids is 3. The van der Waals surface area contributed by atoms with Crippen LogP contribution in [0.4, 0.5) is 0 Å². The van der Waals surface area contributed by atoms with E-state index in [4.69, 9.17) is 9.47 Å². The molecule has 1 spiro atoms. The summed E-state index contributed by atoms with van der Waals surface area (Å²) < 4.78 is 11.6. The van der Waals surface area contributed by atoms with Crippen LogP contribution in [-0.2, 0) is 23.9 Å². The Balaban J connectivity index is 1.48. The van der Waals surface area contributed by atoms with Gasteiger partial charge in [0.15, 0.2) is 11.6 Å². The summed E-state index contributed by atoms with van der Waals surface area (Å²) in [5.41, 5.74) is 0.628. The van der Waals surface area contributed by atoms with Gasteiger partial charge in [0.1, 0.15) is 12.2 Å². The number of ketones is 2. The van der Waals surface area contributed by atoms with E-state index in [0.717, 1.165) is 25.7 Å². The SMILES string of the molecule is CC(=O)OCC(=O)[C@H]1[C@H](C)C[C@H]2C3CCC4=CC(=O)C=C[C@]4(C)[C@@]34O[C@H]4C[C@@]21C. The molecular formula is C24H30O5. The minimum Gasteiger partial charge on any atom is -0.458 e. The first-order valence-corrected chi connectivity index (χ1v) is 10.9. The summed E-state index contributed by atoms with van der Waals surface area (Å²) in [4.78, 5) is 36.2. The van der Waals surface area contributed by atoms with Crippen LogP contribution in [0.2, 0.25) is 0 Å². The van der Waals surface area contributed by atoms with E-state index in [9.17, 15) is 14.4 Å². The second-order valence-electron chi connectivity index (χ2n) is 10.4. The molecule has 1 heterocycles. The van der Waals surface area contributed by atoms with E-state index < -0.39 is 5.97 Å². The molecule has 156 valence electrons. The molecule has 29 heavy (non-hydrogen) atoms. The van der Waals surface area contributed by atoms with Gasteiger partial charge in [0, 0.05) is 18.3 Å². The maximum Gasteiger partial charge on any atom is 0.303 e. The fourth-order valence-electron chi connectivity index (χ4n) is 7.96. The minimum atomic E-state index is -0.406. The third-order valence-corrected chi connectivity index (χ3v) is 9.04. The van der Waals surface area contributed by atoms with E-state index in [-0.39, 0.29) is 52.5 Å². The first kappa shape index (κ1) is 19.2. The molecule has 1 aliphatic heterocycles. The van der Waals surface area contributed by atoms with Gasteiger partial charge in [-0.2, -0.15) is 0 Å². The number of Topliss-reactive ketones (excluding diaryl/α,β-unsaturated/α-hetero) is 1. The number of esters is 1. The Bertz CT molecular complexity index is 870. The number of hydrogen-bond acceptors (Lipinski definition) is 5. The van der Waals surface area contributed by atoms with Crippen LogP contribution in [0, 0.1) is 34.5 Å². The van der Waals surface area contributed by atoms with Crippen LogP contribution >= 0.6 is 0 Å². The molecule has 0 aromatic heterocycles. The highest BCUT2D eigenvalue weighted by atomic mass is 16.6. The van der Waals surface area contributed by atoms with Crippen LogP contribution in [0.5, 0.6) is 0 Å². The van der Waals surface area contributed by atoms with Gasteiger partial charge in [-0.1, -0.05) is 25.5 Å². The predicted molar refractivity (Wildman–Crippen MR) is 106 cm³/mol. The first-order valence-electron chi connectivity index (χ1n) is 10.9. The average Bonchev–Trinajstić information content (AvgIpc) is 3.29. The minimum absolute atomic E-state index is 0.0524. The second kappa shape index (κ2) is 5.90. The molecule has 1 saturated heterocycles. The highest BCUT2D eigenvalue weighted by Gasteiger charge is 2.79. The van der Waals surface area contributed by atoms with E-state index in [1.165, 1.54) is 12.5 Å². The molecule has 5 nitrogen and oxygen atoms in total. The standard InChI is InChI=1S/C24H30O5/c1-13-9-18-17-6-5-15-10-16(26)7-8-23(15,4)24(17)20(29-24)11-22(18,3)21(13)19(27)12-28-14(2)25/h7-8,10,13,17-18,20-21H,5-6,9,11-12H2,1-4H3/t13-,17?,18+,20+,21-,22+,23+,24-/m1/s1. The van der Waals surface area contributed by atoms with Crippen molar-refractivity contribution < 1.29 is 23.9 Å². The zero-order valence-electron chi connectivity index (χ0n) is 17.7. The number of allylic oxidation sites excluding steroid dienone is 2. The predicted octanol–water partition coefficient (Wildman–Crippen LogP) is 3.42. The lowest BCUT2D eigenvalue weighted by atomic mass is 9.47. The Hall–Kier alpha value is -1.75. The van der Waals surface area contributed by atoms with Gasteiger partial charge in [0.2, 0.25) is 0 Å².